The lowest BCUT2D eigenvalue weighted by atomic mass is 10.2. The van der Waals surface area contributed by atoms with Gasteiger partial charge in [0.15, 0.2) is 9.84 Å². The maximum absolute atomic E-state index is 11.8. The fourth-order valence-corrected chi connectivity index (χ4v) is 3.20. The third-order valence-electron chi connectivity index (χ3n) is 2.37. The van der Waals surface area contributed by atoms with Crippen molar-refractivity contribution in [3.05, 3.63) is 34.3 Å². The Balaban J connectivity index is 2.66. The van der Waals surface area contributed by atoms with E-state index in [2.05, 4.69) is 21.2 Å². The SMILES string of the molecule is C[C@H](NC(=O)CS(=O)(=O)Cc1cccc(Br)c1)C(=O)O. The van der Waals surface area contributed by atoms with Crippen molar-refractivity contribution < 1.29 is 23.1 Å². The lowest BCUT2D eigenvalue weighted by Crippen LogP contribution is -2.41. The molecule has 0 radical (unpaired) electrons. The lowest BCUT2D eigenvalue weighted by molar-refractivity contribution is -0.140. The van der Waals surface area contributed by atoms with Crippen molar-refractivity contribution in [1.82, 2.24) is 5.32 Å². The Hall–Kier alpha value is -1.41. The smallest absolute Gasteiger partial charge is 0.325 e. The molecule has 0 aromatic heterocycles. The second kappa shape index (κ2) is 6.85. The molecule has 0 aliphatic heterocycles. The molecule has 1 aromatic carbocycles. The zero-order valence-electron chi connectivity index (χ0n) is 10.7. The molecule has 0 bridgehead atoms. The van der Waals surface area contributed by atoms with Crippen LogP contribution in [0.25, 0.3) is 0 Å². The fraction of sp³-hybridized carbons (Fsp3) is 0.333. The summed E-state index contributed by atoms with van der Waals surface area (Å²) < 4.78 is 24.4. The number of carboxylic acid groups (broad SMARTS) is 1. The Bertz CT molecular complexity index is 614. The predicted octanol–water partition coefficient (Wildman–Crippen LogP) is 0.953. The summed E-state index contributed by atoms with van der Waals surface area (Å²) in [4.78, 5) is 22.0. The highest BCUT2D eigenvalue weighted by atomic mass is 79.9. The highest BCUT2D eigenvalue weighted by Gasteiger charge is 2.20. The van der Waals surface area contributed by atoms with Crippen molar-refractivity contribution in [2.24, 2.45) is 0 Å². The van der Waals surface area contributed by atoms with Crippen LogP contribution in [-0.2, 0) is 25.2 Å². The van der Waals surface area contributed by atoms with E-state index in [0.29, 0.717) is 5.56 Å². The van der Waals surface area contributed by atoms with Crippen LogP contribution in [0.1, 0.15) is 12.5 Å². The van der Waals surface area contributed by atoms with Crippen molar-refractivity contribution in [3.63, 3.8) is 0 Å². The van der Waals surface area contributed by atoms with Crippen LogP contribution >= 0.6 is 15.9 Å². The molecule has 6 nitrogen and oxygen atoms in total. The highest BCUT2D eigenvalue weighted by Crippen LogP contribution is 2.14. The van der Waals surface area contributed by atoms with Crippen molar-refractivity contribution in [1.29, 1.82) is 0 Å². The first-order valence-corrected chi connectivity index (χ1v) is 8.28. The van der Waals surface area contributed by atoms with Crippen molar-refractivity contribution in [3.8, 4) is 0 Å². The van der Waals surface area contributed by atoms with Crippen LogP contribution in [0, 0.1) is 0 Å². The second-order valence-corrected chi connectivity index (χ2v) is 7.27. The Morgan fingerprint density at radius 2 is 2.05 bits per heavy atom. The molecule has 1 amide bonds. The number of carboxylic acids is 1. The first kappa shape index (κ1) is 16.6. The Morgan fingerprint density at radius 3 is 2.60 bits per heavy atom. The van der Waals surface area contributed by atoms with E-state index in [4.69, 9.17) is 5.11 Å². The number of aliphatic carboxylic acids is 1. The van der Waals surface area contributed by atoms with Crippen LogP contribution in [-0.4, -0.2) is 37.2 Å². The molecule has 110 valence electrons. The van der Waals surface area contributed by atoms with Gasteiger partial charge in [-0.3, -0.25) is 9.59 Å². The van der Waals surface area contributed by atoms with E-state index in [9.17, 15) is 18.0 Å². The van der Waals surface area contributed by atoms with Gasteiger partial charge in [0.05, 0.1) is 5.75 Å². The fourth-order valence-electron chi connectivity index (χ4n) is 1.48. The quantitative estimate of drug-likeness (QED) is 0.783. The maximum atomic E-state index is 11.8. The highest BCUT2D eigenvalue weighted by molar-refractivity contribution is 9.10. The average Bonchev–Trinajstić information content (AvgIpc) is 2.26. The minimum absolute atomic E-state index is 0.276. The molecular weight excluding hydrogens is 350 g/mol. The van der Waals surface area contributed by atoms with Gasteiger partial charge in [-0.15, -0.1) is 0 Å². The third kappa shape index (κ3) is 5.70. The minimum Gasteiger partial charge on any atom is -0.480 e. The van der Waals surface area contributed by atoms with Gasteiger partial charge in [-0.25, -0.2) is 8.42 Å². The topological polar surface area (TPSA) is 101 Å². The Morgan fingerprint density at radius 1 is 1.40 bits per heavy atom. The molecular formula is C12H14BrNO5S. The molecule has 2 N–H and O–H groups in total. The standard InChI is InChI=1S/C12H14BrNO5S/c1-8(12(16)17)14-11(15)7-20(18,19)6-9-3-2-4-10(13)5-9/h2-5,8H,6-7H2,1H3,(H,14,15)(H,16,17)/t8-/m0/s1. The number of hydrogen-bond acceptors (Lipinski definition) is 4. The van der Waals surface area contributed by atoms with Crippen LogP contribution in [0.15, 0.2) is 28.7 Å². The van der Waals surface area contributed by atoms with E-state index in [1.807, 2.05) is 0 Å². The number of rotatable bonds is 6. The zero-order valence-corrected chi connectivity index (χ0v) is 13.1. The van der Waals surface area contributed by atoms with Gasteiger partial charge < -0.3 is 10.4 Å². The second-order valence-electron chi connectivity index (χ2n) is 4.29. The molecule has 0 fully saturated rings. The van der Waals surface area contributed by atoms with E-state index in [1.54, 1.807) is 24.3 Å². The first-order chi connectivity index (χ1) is 9.19. The van der Waals surface area contributed by atoms with Gasteiger partial charge in [-0.05, 0) is 24.6 Å². The molecule has 0 aliphatic rings. The van der Waals surface area contributed by atoms with E-state index in [-0.39, 0.29) is 5.75 Å². The van der Waals surface area contributed by atoms with Gasteiger partial charge in [0.2, 0.25) is 5.91 Å². The van der Waals surface area contributed by atoms with Crippen LogP contribution in [0.5, 0.6) is 0 Å². The van der Waals surface area contributed by atoms with Gasteiger partial charge in [0.1, 0.15) is 11.8 Å². The largest absolute Gasteiger partial charge is 0.480 e. The molecule has 8 heteroatoms. The summed E-state index contributed by atoms with van der Waals surface area (Å²) in [5, 5.41) is 10.7. The zero-order chi connectivity index (χ0) is 15.3. The predicted molar refractivity (Wildman–Crippen MR) is 76.9 cm³/mol. The van der Waals surface area contributed by atoms with Gasteiger partial charge >= 0.3 is 5.97 Å². The molecule has 1 atom stereocenters. The third-order valence-corrected chi connectivity index (χ3v) is 4.34. The molecule has 20 heavy (non-hydrogen) atoms. The van der Waals surface area contributed by atoms with Crippen LogP contribution in [0.3, 0.4) is 0 Å². The molecule has 0 aliphatic carbocycles. The van der Waals surface area contributed by atoms with E-state index in [1.165, 1.54) is 6.92 Å². The normalized spacial score (nSPS) is 12.7. The number of nitrogens with one attached hydrogen (secondary N) is 1. The van der Waals surface area contributed by atoms with Gasteiger partial charge in [0, 0.05) is 4.47 Å². The average molecular weight is 364 g/mol. The van der Waals surface area contributed by atoms with Crippen LogP contribution in [0.4, 0.5) is 0 Å². The molecule has 1 rings (SSSR count). The summed E-state index contributed by atoms with van der Waals surface area (Å²) in [6, 6.07) is 5.62. The molecule has 0 unspecified atom stereocenters. The minimum atomic E-state index is -3.65. The van der Waals surface area contributed by atoms with Gasteiger partial charge in [0.25, 0.3) is 0 Å². The number of sulfone groups is 1. The monoisotopic (exact) mass is 363 g/mol. The number of benzene rings is 1. The molecule has 0 saturated carbocycles. The van der Waals surface area contributed by atoms with Crippen LogP contribution < -0.4 is 5.32 Å². The molecule has 1 aromatic rings. The Labute approximate surface area is 125 Å². The number of hydrogen-bond donors (Lipinski definition) is 2. The summed E-state index contributed by atoms with van der Waals surface area (Å²) in [5.41, 5.74) is 0.554. The van der Waals surface area contributed by atoms with Gasteiger partial charge in [-0.1, -0.05) is 28.1 Å². The van der Waals surface area contributed by atoms with E-state index < -0.39 is 33.5 Å². The number of carbonyl (C=O) groups excluding carboxylic acids is 1. The van der Waals surface area contributed by atoms with E-state index in [0.717, 1.165) is 4.47 Å². The van der Waals surface area contributed by atoms with Gasteiger partial charge in [-0.2, -0.15) is 0 Å². The molecule has 0 saturated heterocycles. The number of amides is 1. The Kier molecular flexibility index (Phi) is 5.70. The van der Waals surface area contributed by atoms with E-state index >= 15 is 0 Å². The number of halogens is 1. The summed E-state index contributed by atoms with van der Waals surface area (Å²) >= 11 is 3.23. The summed E-state index contributed by atoms with van der Waals surface area (Å²) in [6.07, 6.45) is 0. The van der Waals surface area contributed by atoms with Crippen LogP contribution in [0.2, 0.25) is 0 Å². The number of carbonyl (C=O) groups is 2. The molecule has 0 spiro atoms. The summed E-state index contributed by atoms with van der Waals surface area (Å²) in [7, 11) is -3.65. The van der Waals surface area contributed by atoms with Crippen molar-refractivity contribution in [2.45, 2.75) is 18.7 Å². The van der Waals surface area contributed by atoms with Crippen molar-refractivity contribution >= 4 is 37.6 Å². The maximum Gasteiger partial charge on any atom is 0.325 e. The first-order valence-electron chi connectivity index (χ1n) is 5.66. The van der Waals surface area contributed by atoms with Crippen molar-refractivity contribution in [2.75, 3.05) is 5.75 Å². The summed E-state index contributed by atoms with van der Waals surface area (Å²) in [6.45, 7) is 1.27. The molecule has 0 heterocycles. The lowest BCUT2D eigenvalue weighted by Gasteiger charge is -2.09. The summed E-state index contributed by atoms with van der Waals surface area (Å²) in [5.74, 6) is -3.06.